The van der Waals surface area contributed by atoms with E-state index in [1.54, 1.807) is 6.08 Å². The zero-order chi connectivity index (χ0) is 19.5. The van der Waals surface area contributed by atoms with E-state index < -0.39 is 39.6 Å². The molecule has 0 heterocycles. The molecule has 8 nitrogen and oxygen atoms in total. The standard InChI is InChI=1S/C16H17ClN2O6S/c1-9(20)19-26(24,25)12-5-3-11(4-6-12)18-15(21)14-8-10(17)2-7-13(14)16(22)23/h2-6,13-14H,7-8H2,1H3,(H,18,21)(H,19,20)(H,22,23). The van der Waals surface area contributed by atoms with Crippen molar-refractivity contribution in [3.63, 3.8) is 0 Å². The summed E-state index contributed by atoms with van der Waals surface area (Å²) < 4.78 is 25.6. The molecule has 1 aromatic rings. The van der Waals surface area contributed by atoms with Gasteiger partial charge in [-0.25, -0.2) is 13.1 Å². The summed E-state index contributed by atoms with van der Waals surface area (Å²) in [6.07, 6.45) is 1.88. The first-order valence-corrected chi connectivity index (χ1v) is 9.48. The lowest BCUT2D eigenvalue weighted by Crippen LogP contribution is -2.35. The van der Waals surface area contributed by atoms with E-state index in [0.29, 0.717) is 10.7 Å². The van der Waals surface area contributed by atoms with Crippen LogP contribution >= 0.6 is 11.6 Å². The zero-order valence-electron chi connectivity index (χ0n) is 13.7. The minimum atomic E-state index is -3.97. The predicted molar refractivity (Wildman–Crippen MR) is 93.9 cm³/mol. The van der Waals surface area contributed by atoms with Gasteiger partial charge < -0.3 is 10.4 Å². The highest BCUT2D eigenvalue weighted by atomic mass is 35.5. The first-order valence-electron chi connectivity index (χ1n) is 7.62. The van der Waals surface area contributed by atoms with Gasteiger partial charge in [0.05, 0.1) is 16.7 Å². The van der Waals surface area contributed by atoms with Crippen LogP contribution in [-0.4, -0.2) is 31.3 Å². The van der Waals surface area contributed by atoms with E-state index in [1.165, 1.54) is 24.3 Å². The number of allylic oxidation sites excluding steroid dienone is 2. The lowest BCUT2D eigenvalue weighted by atomic mass is 9.82. The van der Waals surface area contributed by atoms with Crippen LogP contribution in [0, 0.1) is 11.8 Å². The monoisotopic (exact) mass is 400 g/mol. The highest BCUT2D eigenvalue weighted by molar-refractivity contribution is 7.90. The van der Waals surface area contributed by atoms with E-state index in [4.69, 9.17) is 11.6 Å². The van der Waals surface area contributed by atoms with Crippen LogP contribution < -0.4 is 10.0 Å². The molecule has 26 heavy (non-hydrogen) atoms. The summed E-state index contributed by atoms with van der Waals surface area (Å²) in [5, 5.41) is 12.3. The Morgan fingerprint density at radius 3 is 2.31 bits per heavy atom. The molecule has 0 aromatic heterocycles. The normalized spacial score (nSPS) is 20.0. The lowest BCUT2D eigenvalue weighted by molar-refractivity contribution is -0.146. The van der Waals surface area contributed by atoms with Crippen molar-refractivity contribution in [1.29, 1.82) is 0 Å². The van der Waals surface area contributed by atoms with Crippen LogP contribution in [0.5, 0.6) is 0 Å². The summed E-state index contributed by atoms with van der Waals surface area (Å²) in [5.74, 6) is -4.02. The molecular weight excluding hydrogens is 384 g/mol. The molecule has 1 aromatic carbocycles. The number of carboxylic acids is 1. The number of benzene rings is 1. The van der Waals surface area contributed by atoms with E-state index in [2.05, 4.69) is 5.32 Å². The Morgan fingerprint density at radius 2 is 1.77 bits per heavy atom. The maximum absolute atomic E-state index is 12.4. The minimum absolute atomic E-state index is 0.124. The summed E-state index contributed by atoms with van der Waals surface area (Å²) in [6.45, 7) is 1.08. The van der Waals surface area contributed by atoms with E-state index in [9.17, 15) is 27.9 Å². The number of amides is 2. The summed E-state index contributed by atoms with van der Waals surface area (Å²) in [7, 11) is -3.97. The van der Waals surface area contributed by atoms with Crippen molar-refractivity contribution in [3.05, 3.63) is 35.4 Å². The molecule has 2 amide bonds. The second kappa shape index (κ2) is 7.88. The number of hydrogen-bond acceptors (Lipinski definition) is 5. The van der Waals surface area contributed by atoms with Gasteiger partial charge in [-0.05, 0) is 37.1 Å². The molecule has 2 unspecified atom stereocenters. The van der Waals surface area contributed by atoms with Gasteiger partial charge in [0.15, 0.2) is 0 Å². The molecular formula is C16H17ClN2O6S. The number of sulfonamides is 1. The number of aliphatic carboxylic acids is 1. The molecule has 3 N–H and O–H groups in total. The SMILES string of the molecule is CC(=O)NS(=O)(=O)c1ccc(NC(=O)C2CC(Cl)=CCC2C(=O)O)cc1. The topological polar surface area (TPSA) is 130 Å². The number of carboxylic acid groups (broad SMARTS) is 1. The van der Waals surface area contributed by atoms with Crippen LogP contribution in [0.15, 0.2) is 40.3 Å². The van der Waals surface area contributed by atoms with Crippen LogP contribution in [0.4, 0.5) is 5.69 Å². The second-order valence-electron chi connectivity index (χ2n) is 5.82. The van der Waals surface area contributed by atoms with E-state index >= 15 is 0 Å². The molecule has 0 fully saturated rings. The fraction of sp³-hybridized carbons (Fsp3) is 0.312. The Kier molecular flexibility index (Phi) is 6.04. The average molecular weight is 401 g/mol. The molecule has 10 heteroatoms. The molecule has 0 saturated heterocycles. The van der Waals surface area contributed by atoms with Gasteiger partial charge in [0.25, 0.3) is 10.0 Å². The Labute approximate surface area is 155 Å². The van der Waals surface area contributed by atoms with Crippen LogP contribution in [0.25, 0.3) is 0 Å². The zero-order valence-corrected chi connectivity index (χ0v) is 15.3. The van der Waals surface area contributed by atoms with Crippen molar-refractivity contribution in [2.24, 2.45) is 11.8 Å². The Morgan fingerprint density at radius 1 is 1.15 bits per heavy atom. The Hall–Kier alpha value is -2.39. The smallest absolute Gasteiger partial charge is 0.307 e. The van der Waals surface area contributed by atoms with Gasteiger partial charge in [0.1, 0.15) is 0 Å². The van der Waals surface area contributed by atoms with E-state index in [1.807, 2.05) is 4.72 Å². The Bertz CT molecular complexity index is 863. The van der Waals surface area contributed by atoms with E-state index in [0.717, 1.165) is 6.92 Å². The van der Waals surface area contributed by atoms with Crippen molar-refractivity contribution in [2.45, 2.75) is 24.7 Å². The third-order valence-electron chi connectivity index (χ3n) is 3.86. The van der Waals surface area contributed by atoms with Gasteiger partial charge in [0.2, 0.25) is 11.8 Å². The fourth-order valence-electron chi connectivity index (χ4n) is 2.60. The minimum Gasteiger partial charge on any atom is -0.481 e. The molecule has 0 aliphatic heterocycles. The van der Waals surface area contributed by atoms with Crippen molar-refractivity contribution in [2.75, 3.05) is 5.32 Å². The first kappa shape index (κ1) is 19.9. The first-order chi connectivity index (χ1) is 12.1. The highest BCUT2D eigenvalue weighted by Crippen LogP contribution is 2.32. The van der Waals surface area contributed by atoms with Gasteiger partial charge >= 0.3 is 5.97 Å². The Balaban J connectivity index is 2.13. The number of halogens is 1. The summed E-state index contributed by atoms with van der Waals surface area (Å²) in [6, 6.07) is 5.15. The molecule has 2 atom stereocenters. The van der Waals surface area contributed by atoms with Gasteiger partial charge in [0, 0.05) is 17.6 Å². The van der Waals surface area contributed by atoms with Crippen molar-refractivity contribution < 1.29 is 27.9 Å². The largest absolute Gasteiger partial charge is 0.481 e. The summed E-state index contributed by atoms with van der Waals surface area (Å²) in [4.78, 5) is 34.5. The van der Waals surface area contributed by atoms with Gasteiger partial charge in [-0.15, -0.1) is 0 Å². The van der Waals surface area contributed by atoms with E-state index in [-0.39, 0.29) is 17.7 Å². The molecule has 0 spiro atoms. The molecule has 0 radical (unpaired) electrons. The van der Waals surface area contributed by atoms with Crippen LogP contribution in [0.1, 0.15) is 19.8 Å². The number of anilines is 1. The molecule has 1 aliphatic carbocycles. The van der Waals surface area contributed by atoms with Crippen LogP contribution in [-0.2, 0) is 24.4 Å². The molecule has 2 rings (SSSR count). The maximum Gasteiger partial charge on any atom is 0.307 e. The summed E-state index contributed by atoms with van der Waals surface area (Å²) >= 11 is 5.93. The third kappa shape index (κ3) is 4.83. The van der Waals surface area contributed by atoms with Crippen molar-refractivity contribution >= 4 is 45.1 Å². The molecule has 0 bridgehead atoms. The lowest BCUT2D eigenvalue weighted by Gasteiger charge is -2.25. The van der Waals surface area contributed by atoms with Crippen LogP contribution in [0.3, 0.4) is 0 Å². The number of rotatable bonds is 5. The molecule has 1 aliphatic rings. The fourth-order valence-corrected chi connectivity index (χ4v) is 3.85. The van der Waals surface area contributed by atoms with Gasteiger partial charge in [-0.3, -0.25) is 14.4 Å². The highest BCUT2D eigenvalue weighted by Gasteiger charge is 2.36. The predicted octanol–water partition coefficient (Wildman–Crippen LogP) is 1.68. The number of nitrogens with one attached hydrogen (secondary N) is 2. The quantitative estimate of drug-likeness (QED) is 0.689. The third-order valence-corrected chi connectivity index (χ3v) is 5.62. The number of hydrogen-bond donors (Lipinski definition) is 3. The molecule has 140 valence electrons. The van der Waals surface area contributed by atoms with Crippen molar-refractivity contribution in [1.82, 2.24) is 4.72 Å². The second-order valence-corrected chi connectivity index (χ2v) is 7.99. The average Bonchev–Trinajstić information content (AvgIpc) is 2.53. The number of carbonyl (C=O) groups is 3. The van der Waals surface area contributed by atoms with Gasteiger partial charge in [-0.2, -0.15) is 0 Å². The maximum atomic E-state index is 12.4. The summed E-state index contributed by atoms with van der Waals surface area (Å²) in [5.41, 5.74) is 0.298. The molecule has 0 saturated carbocycles. The van der Waals surface area contributed by atoms with Crippen LogP contribution in [0.2, 0.25) is 0 Å². The van der Waals surface area contributed by atoms with Gasteiger partial charge in [-0.1, -0.05) is 17.7 Å². The van der Waals surface area contributed by atoms with Crippen molar-refractivity contribution in [3.8, 4) is 0 Å². The number of carbonyl (C=O) groups excluding carboxylic acids is 2.